The molecule has 1 atom stereocenters. The molecule has 2 aliphatic heterocycles. The van der Waals surface area contributed by atoms with E-state index >= 15 is 0 Å². The number of rotatable bonds is 3. The Morgan fingerprint density at radius 2 is 1.92 bits per heavy atom. The van der Waals surface area contributed by atoms with E-state index in [1.54, 1.807) is 11.1 Å². The van der Waals surface area contributed by atoms with Gasteiger partial charge < -0.3 is 9.80 Å². The minimum absolute atomic E-state index is 0.0944. The highest BCUT2D eigenvalue weighted by Crippen LogP contribution is 2.39. The van der Waals surface area contributed by atoms with Crippen LogP contribution in [0.5, 0.6) is 0 Å². The molecule has 2 aromatic rings. The van der Waals surface area contributed by atoms with E-state index in [4.69, 9.17) is 0 Å². The third-order valence-corrected chi connectivity index (χ3v) is 5.40. The standard InChI is InChI=1S/C19H22N4O2/c24-17(16-12-20-21-13-16)23-11-5-9-19(23)8-4-10-22(18(19)25)14-15-6-2-1-3-7-15/h1-3,6-7,12-13H,4-5,8-11,14H2,(H,20,21). The SMILES string of the molecule is O=C(c1cn[nH]c1)N1CCCC12CCCN(Cc1ccccc1)C2=O. The monoisotopic (exact) mass is 338 g/mol. The van der Waals surface area contributed by atoms with Crippen LogP contribution in [0.15, 0.2) is 42.7 Å². The second-order valence-electron chi connectivity index (χ2n) is 6.89. The number of carbonyl (C=O) groups is 2. The Bertz CT molecular complexity index is 759. The second kappa shape index (κ2) is 6.35. The number of hydrogen-bond acceptors (Lipinski definition) is 3. The number of benzene rings is 1. The summed E-state index contributed by atoms with van der Waals surface area (Å²) in [5.74, 6) is -0.00175. The summed E-state index contributed by atoms with van der Waals surface area (Å²) in [6, 6.07) is 10.0. The minimum atomic E-state index is -0.679. The maximum absolute atomic E-state index is 13.3. The zero-order valence-corrected chi connectivity index (χ0v) is 14.1. The molecule has 6 heteroatoms. The minimum Gasteiger partial charge on any atom is -0.336 e. The van der Waals surface area contributed by atoms with Crippen LogP contribution in [0.25, 0.3) is 0 Å². The fourth-order valence-electron chi connectivity index (χ4n) is 4.20. The van der Waals surface area contributed by atoms with Crippen molar-refractivity contribution in [3.8, 4) is 0 Å². The van der Waals surface area contributed by atoms with Gasteiger partial charge >= 0.3 is 0 Å². The van der Waals surface area contributed by atoms with E-state index in [0.717, 1.165) is 37.8 Å². The van der Waals surface area contributed by atoms with E-state index < -0.39 is 5.54 Å². The molecule has 4 rings (SSSR count). The van der Waals surface area contributed by atoms with E-state index in [9.17, 15) is 9.59 Å². The summed E-state index contributed by atoms with van der Waals surface area (Å²) in [7, 11) is 0. The molecule has 0 bridgehead atoms. The molecule has 2 saturated heterocycles. The number of H-pyrrole nitrogens is 1. The Morgan fingerprint density at radius 3 is 2.64 bits per heavy atom. The molecular weight excluding hydrogens is 316 g/mol. The fraction of sp³-hybridized carbons (Fsp3) is 0.421. The zero-order valence-electron chi connectivity index (χ0n) is 14.1. The van der Waals surface area contributed by atoms with Crippen LogP contribution in [0.2, 0.25) is 0 Å². The molecule has 1 aromatic heterocycles. The molecule has 0 radical (unpaired) electrons. The number of aromatic amines is 1. The highest BCUT2D eigenvalue weighted by atomic mass is 16.2. The van der Waals surface area contributed by atoms with Gasteiger partial charge in [-0.2, -0.15) is 5.10 Å². The molecule has 6 nitrogen and oxygen atoms in total. The second-order valence-corrected chi connectivity index (χ2v) is 6.89. The van der Waals surface area contributed by atoms with Crippen molar-refractivity contribution < 1.29 is 9.59 Å². The predicted octanol–water partition coefficient (Wildman–Crippen LogP) is 2.21. The average molecular weight is 338 g/mol. The normalized spacial score (nSPS) is 23.4. The Hall–Kier alpha value is -2.63. The third kappa shape index (κ3) is 2.71. The first-order valence-corrected chi connectivity index (χ1v) is 8.85. The van der Waals surface area contributed by atoms with E-state index in [2.05, 4.69) is 10.2 Å². The van der Waals surface area contributed by atoms with E-state index in [0.29, 0.717) is 18.7 Å². The van der Waals surface area contributed by atoms with Gasteiger partial charge in [-0.15, -0.1) is 0 Å². The number of nitrogens with one attached hydrogen (secondary N) is 1. The summed E-state index contributed by atoms with van der Waals surface area (Å²) in [4.78, 5) is 29.9. The van der Waals surface area contributed by atoms with Gasteiger partial charge in [0, 0.05) is 25.8 Å². The van der Waals surface area contributed by atoms with Crippen molar-refractivity contribution in [1.29, 1.82) is 0 Å². The smallest absolute Gasteiger partial charge is 0.257 e. The largest absolute Gasteiger partial charge is 0.336 e. The van der Waals surface area contributed by atoms with Crippen LogP contribution in [0.1, 0.15) is 41.6 Å². The molecule has 1 aromatic carbocycles. The van der Waals surface area contributed by atoms with Crippen molar-refractivity contribution in [3.63, 3.8) is 0 Å². The van der Waals surface area contributed by atoms with Crippen molar-refractivity contribution in [3.05, 3.63) is 53.9 Å². The van der Waals surface area contributed by atoms with Crippen LogP contribution in [-0.4, -0.2) is 50.4 Å². The number of piperidine rings is 1. The number of amides is 2. The highest BCUT2D eigenvalue weighted by Gasteiger charge is 2.52. The number of nitrogens with zero attached hydrogens (tertiary/aromatic N) is 3. The van der Waals surface area contributed by atoms with Crippen LogP contribution in [0.4, 0.5) is 0 Å². The molecule has 2 amide bonds. The van der Waals surface area contributed by atoms with Gasteiger partial charge in [0.05, 0.1) is 11.8 Å². The van der Waals surface area contributed by atoms with Crippen molar-refractivity contribution in [2.75, 3.05) is 13.1 Å². The summed E-state index contributed by atoms with van der Waals surface area (Å²) in [6.45, 7) is 1.99. The fourth-order valence-corrected chi connectivity index (χ4v) is 4.20. The van der Waals surface area contributed by atoms with Gasteiger partial charge in [-0.1, -0.05) is 30.3 Å². The number of aromatic nitrogens is 2. The molecule has 2 fully saturated rings. The summed E-state index contributed by atoms with van der Waals surface area (Å²) < 4.78 is 0. The summed E-state index contributed by atoms with van der Waals surface area (Å²) >= 11 is 0. The van der Waals surface area contributed by atoms with Crippen LogP contribution >= 0.6 is 0 Å². The Balaban J connectivity index is 1.59. The molecule has 0 saturated carbocycles. The average Bonchev–Trinajstić information content (AvgIpc) is 3.30. The van der Waals surface area contributed by atoms with Crippen LogP contribution in [-0.2, 0) is 11.3 Å². The highest BCUT2D eigenvalue weighted by molar-refractivity contribution is 5.99. The lowest BCUT2D eigenvalue weighted by Crippen LogP contribution is -2.61. The maximum Gasteiger partial charge on any atom is 0.257 e. The molecule has 130 valence electrons. The van der Waals surface area contributed by atoms with Gasteiger partial charge in [-0.25, -0.2) is 0 Å². The van der Waals surface area contributed by atoms with Crippen LogP contribution in [0.3, 0.4) is 0 Å². The summed E-state index contributed by atoms with van der Waals surface area (Å²) in [5.41, 5.74) is 0.967. The first-order valence-electron chi connectivity index (χ1n) is 8.85. The quantitative estimate of drug-likeness (QED) is 0.933. The molecule has 2 aliphatic rings. The zero-order chi connectivity index (χ0) is 17.3. The van der Waals surface area contributed by atoms with Gasteiger partial charge in [-0.3, -0.25) is 14.7 Å². The third-order valence-electron chi connectivity index (χ3n) is 5.40. The van der Waals surface area contributed by atoms with Gasteiger partial charge in [0.2, 0.25) is 5.91 Å². The van der Waals surface area contributed by atoms with Gasteiger partial charge in [0.15, 0.2) is 0 Å². The van der Waals surface area contributed by atoms with E-state index in [1.807, 2.05) is 35.2 Å². The Morgan fingerprint density at radius 1 is 1.16 bits per heavy atom. The van der Waals surface area contributed by atoms with E-state index in [-0.39, 0.29) is 11.8 Å². The van der Waals surface area contributed by atoms with Crippen molar-refractivity contribution in [2.45, 2.75) is 37.8 Å². The molecule has 0 aliphatic carbocycles. The molecule has 3 heterocycles. The lowest BCUT2D eigenvalue weighted by molar-refractivity contribution is -0.146. The van der Waals surface area contributed by atoms with Crippen molar-refractivity contribution in [1.82, 2.24) is 20.0 Å². The number of likely N-dealkylation sites (tertiary alicyclic amines) is 2. The Kier molecular flexibility index (Phi) is 4.03. The molecule has 1 unspecified atom stereocenters. The van der Waals surface area contributed by atoms with Gasteiger partial charge in [0.1, 0.15) is 5.54 Å². The topological polar surface area (TPSA) is 69.3 Å². The lowest BCUT2D eigenvalue weighted by atomic mass is 9.85. The lowest BCUT2D eigenvalue weighted by Gasteiger charge is -2.44. The van der Waals surface area contributed by atoms with Crippen LogP contribution in [0, 0.1) is 0 Å². The molecular formula is C19H22N4O2. The predicted molar refractivity (Wildman–Crippen MR) is 92.7 cm³/mol. The summed E-state index contributed by atoms with van der Waals surface area (Å²) in [6.07, 6.45) is 6.43. The van der Waals surface area contributed by atoms with Crippen LogP contribution < -0.4 is 0 Å². The Labute approximate surface area is 146 Å². The number of carbonyl (C=O) groups excluding carboxylic acids is 2. The van der Waals surface area contributed by atoms with Crippen molar-refractivity contribution >= 4 is 11.8 Å². The molecule has 25 heavy (non-hydrogen) atoms. The van der Waals surface area contributed by atoms with Gasteiger partial charge in [0.25, 0.3) is 5.91 Å². The van der Waals surface area contributed by atoms with E-state index in [1.165, 1.54) is 6.20 Å². The first kappa shape index (κ1) is 15.9. The molecule has 1 spiro atoms. The van der Waals surface area contributed by atoms with Gasteiger partial charge in [-0.05, 0) is 31.2 Å². The molecule has 1 N–H and O–H groups in total. The van der Waals surface area contributed by atoms with Crippen molar-refractivity contribution in [2.24, 2.45) is 0 Å². The number of hydrogen-bond donors (Lipinski definition) is 1. The maximum atomic E-state index is 13.3. The first-order chi connectivity index (χ1) is 12.2. The summed E-state index contributed by atoms with van der Waals surface area (Å²) in [5, 5.41) is 6.56.